The fraction of sp³-hybridized carbons (Fsp3) is 0.556. The second-order valence-electron chi connectivity index (χ2n) is 3.36. The lowest BCUT2D eigenvalue weighted by atomic mass is 10.1. The van der Waals surface area contributed by atoms with Gasteiger partial charge in [0.15, 0.2) is 12.5 Å². The lowest BCUT2D eigenvalue weighted by molar-refractivity contribution is -0.154. The second kappa shape index (κ2) is 3.94. The number of aromatic nitrogens is 1. The van der Waals surface area contributed by atoms with Gasteiger partial charge in [-0.1, -0.05) is 13.8 Å². The van der Waals surface area contributed by atoms with Gasteiger partial charge >= 0.3 is 6.18 Å². The van der Waals surface area contributed by atoms with Gasteiger partial charge in [-0.25, -0.2) is 0 Å². The van der Waals surface area contributed by atoms with Gasteiger partial charge in [-0.2, -0.15) is 13.2 Å². The van der Waals surface area contributed by atoms with Crippen molar-refractivity contribution in [3.05, 3.63) is 17.8 Å². The molecule has 2 nitrogen and oxygen atoms in total. The molecule has 0 saturated heterocycles. The molecule has 0 atom stereocenters. The molecule has 0 bridgehead atoms. The summed E-state index contributed by atoms with van der Waals surface area (Å²) in [6.45, 7) is 2.65. The minimum atomic E-state index is -4.29. The first kappa shape index (κ1) is 10.9. The summed E-state index contributed by atoms with van der Waals surface area (Å²) in [6.07, 6.45) is -2.64. The van der Waals surface area contributed by atoms with Gasteiger partial charge in [0.1, 0.15) is 0 Å². The standard InChI is InChI=1S/C9H12F3NO/c1-6(2)7-3-8(13-4-7)14-5-9(10,11)12/h3-4,6,13H,5H2,1-2H3. The van der Waals surface area contributed by atoms with E-state index in [0.717, 1.165) is 5.56 Å². The lowest BCUT2D eigenvalue weighted by Gasteiger charge is -2.06. The third kappa shape index (κ3) is 3.32. The summed E-state index contributed by atoms with van der Waals surface area (Å²) in [5.41, 5.74) is 0.933. The highest BCUT2D eigenvalue weighted by molar-refractivity contribution is 5.23. The Bertz CT molecular complexity index is 290. The van der Waals surface area contributed by atoms with E-state index in [4.69, 9.17) is 0 Å². The smallest absolute Gasteiger partial charge is 0.422 e. The zero-order valence-corrected chi connectivity index (χ0v) is 7.98. The first-order chi connectivity index (χ1) is 6.38. The maximum absolute atomic E-state index is 11.8. The van der Waals surface area contributed by atoms with E-state index in [2.05, 4.69) is 9.72 Å². The maximum atomic E-state index is 11.8. The predicted octanol–water partition coefficient (Wildman–Crippen LogP) is 3.08. The predicted molar refractivity (Wildman–Crippen MR) is 46.4 cm³/mol. The normalized spacial score (nSPS) is 12.1. The molecule has 1 N–H and O–H groups in total. The van der Waals surface area contributed by atoms with Crippen LogP contribution in [-0.4, -0.2) is 17.8 Å². The highest BCUT2D eigenvalue weighted by atomic mass is 19.4. The van der Waals surface area contributed by atoms with Gasteiger partial charge in [0.2, 0.25) is 0 Å². The highest BCUT2D eigenvalue weighted by Gasteiger charge is 2.28. The lowest BCUT2D eigenvalue weighted by Crippen LogP contribution is -2.19. The number of rotatable bonds is 3. The Balaban J connectivity index is 2.52. The summed E-state index contributed by atoms with van der Waals surface area (Å²) < 4.78 is 39.8. The molecule has 0 aliphatic carbocycles. The van der Waals surface area contributed by atoms with Gasteiger partial charge in [-0.15, -0.1) is 0 Å². The van der Waals surface area contributed by atoms with Crippen LogP contribution in [0.15, 0.2) is 12.3 Å². The molecule has 0 unspecified atom stereocenters. The van der Waals surface area contributed by atoms with Crippen LogP contribution in [0, 0.1) is 0 Å². The van der Waals surface area contributed by atoms with Crippen molar-refractivity contribution in [2.24, 2.45) is 0 Å². The fourth-order valence-electron chi connectivity index (χ4n) is 0.965. The molecule has 1 aromatic heterocycles. The third-order valence-electron chi connectivity index (χ3n) is 1.74. The highest BCUT2D eigenvalue weighted by Crippen LogP contribution is 2.21. The van der Waals surface area contributed by atoms with Crippen LogP contribution < -0.4 is 4.74 Å². The van der Waals surface area contributed by atoms with Gasteiger partial charge in [0.05, 0.1) is 0 Å². The van der Waals surface area contributed by atoms with Gasteiger partial charge in [0, 0.05) is 12.3 Å². The monoisotopic (exact) mass is 207 g/mol. The number of halogens is 3. The molecule has 14 heavy (non-hydrogen) atoms. The van der Waals surface area contributed by atoms with Crippen LogP contribution in [0.25, 0.3) is 0 Å². The van der Waals surface area contributed by atoms with Gasteiger partial charge < -0.3 is 9.72 Å². The van der Waals surface area contributed by atoms with E-state index in [1.165, 1.54) is 0 Å². The summed E-state index contributed by atoms with van der Waals surface area (Å²) in [7, 11) is 0. The Labute approximate surface area is 80.1 Å². The number of alkyl halides is 3. The number of hydrogen-bond acceptors (Lipinski definition) is 1. The number of H-pyrrole nitrogens is 1. The molecule has 1 aromatic rings. The van der Waals surface area contributed by atoms with Gasteiger partial charge in [0.25, 0.3) is 0 Å². The van der Waals surface area contributed by atoms with Crippen molar-refractivity contribution in [2.45, 2.75) is 25.9 Å². The fourth-order valence-corrected chi connectivity index (χ4v) is 0.965. The average molecular weight is 207 g/mol. The van der Waals surface area contributed by atoms with Crippen LogP contribution >= 0.6 is 0 Å². The van der Waals surface area contributed by atoms with Crippen LogP contribution in [0.4, 0.5) is 13.2 Å². The van der Waals surface area contributed by atoms with Crippen molar-refractivity contribution in [1.29, 1.82) is 0 Å². The molecule has 0 radical (unpaired) electrons. The summed E-state index contributed by atoms with van der Waals surface area (Å²) in [6, 6.07) is 1.58. The Kier molecular flexibility index (Phi) is 3.08. The molecule has 0 aromatic carbocycles. The van der Waals surface area contributed by atoms with E-state index in [1.807, 2.05) is 13.8 Å². The van der Waals surface area contributed by atoms with Crippen LogP contribution in [0.1, 0.15) is 25.3 Å². The van der Waals surface area contributed by atoms with Crippen molar-refractivity contribution in [1.82, 2.24) is 4.98 Å². The third-order valence-corrected chi connectivity index (χ3v) is 1.74. The van der Waals surface area contributed by atoms with E-state index in [0.29, 0.717) is 0 Å². The van der Waals surface area contributed by atoms with Gasteiger partial charge in [-0.05, 0) is 11.5 Å². The molecule has 5 heteroatoms. The minimum Gasteiger partial charge on any atom is -0.469 e. The largest absolute Gasteiger partial charge is 0.469 e. The van der Waals surface area contributed by atoms with E-state index < -0.39 is 12.8 Å². The van der Waals surface area contributed by atoms with Crippen LogP contribution in [-0.2, 0) is 0 Å². The van der Waals surface area contributed by atoms with Crippen LogP contribution in [0.2, 0.25) is 0 Å². The van der Waals surface area contributed by atoms with Crippen LogP contribution in [0.3, 0.4) is 0 Å². The molecule has 0 fully saturated rings. The molecule has 1 rings (SSSR count). The molecule has 0 aliphatic heterocycles. The zero-order chi connectivity index (χ0) is 10.8. The second-order valence-corrected chi connectivity index (χ2v) is 3.36. The van der Waals surface area contributed by atoms with Crippen molar-refractivity contribution in [2.75, 3.05) is 6.61 Å². The first-order valence-electron chi connectivity index (χ1n) is 4.26. The Morgan fingerprint density at radius 1 is 1.43 bits per heavy atom. The number of nitrogens with one attached hydrogen (secondary N) is 1. The summed E-state index contributed by atoms with van der Waals surface area (Å²) in [4.78, 5) is 2.64. The topological polar surface area (TPSA) is 25.0 Å². The van der Waals surface area contributed by atoms with Crippen molar-refractivity contribution >= 4 is 0 Å². The summed E-state index contributed by atoms with van der Waals surface area (Å²) >= 11 is 0. The summed E-state index contributed by atoms with van der Waals surface area (Å²) in [5.74, 6) is 0.431. The molecule has 0 amide bonds. The SMILES string of the molecule is CC(C)c1c[nH]c(OCC(F)(F)F)c1. The number of ether oxygens (including phenoxy) is 1. The van der Waals surface area contributed by atoms with Crippen molar-refractivity contribution < 1.29 is 17.9 Å². The number of hydrogen-bond donors (Lipinski definition) is 1. The quantitative estimate of drug-likeness (QED) is 0.809. The molecule has 80 valence electrons. The zero-order valence-electron chi connectivity index (χ0n) is 7.98. The average Bonchev–Trinajstić information content (AvgIpc) is 2.47. The molecule has 0 spiro atoms. The summed E-state index contributed by atoms with van der Waals surface area (Å²) in [5, 5.41) is 0. The number of aromatic amines is 1. The van der Waals surface area contributed by atoms with E-state index in [9.17, 15) is 13.2 Å². The first-order valence-corrected chi connectivity index (χ1v) is 4.26. The van der Waals surface area contributed by atoms with E-state index in [1.54, 1.807) is 12.3 Å². The Morgan fingerprint density at radius 2 is 2.07 bits per heavy atom. The van der Waals surface area contributed by atoms with Crippen molar-refractivity contribution in [3.8, 4) is 5.88 Å². The van der Waals surface area contributed by atoms with Crippen LogP contribution in [0.5, 0.6) is 5.88 Å². The van der Waals surface area contributed by atoms with Gasteiger partial charge in [-0.3, -0.25) is 0 Å². The molecular weight excluding hydrogens is 195 g/mol. The molecule has 0 aliphatic rings. The maximum Gasteiger partial charge on any atom is 0.422 e. The van der Waals surface area contributed by atoms with E-state index >= 15 is 0 Å². The molecule has 0 saturated carbocycles. The Hall–Kier alpha value is -1.13. The molecular formula is C9H12F3NO. The molecule has 1 heterocycles. The van der Waals surface area contributed by atoms with Crippen molar-refractivity contribution in [3.63, 3.8) is 0 Å². The Morgan fingerprint density at radius 3 is 2.50 bits per heavy atom. The minimum absolute atomic E-state index is 0.158. The van der Waals surface area contributed by atoms with E-state index in [-0.39, 0.29) is 11.8 Å².